The highest BCUT2D eigenvalue weighted by molar-refractivity contribution is 5.88. The third-order valence-corrected chi connectivity index (χ3v) is 3.15. The number of benzene rings is 2. The standard InChI is InChI=1S/C15H11N3O3/c16-10-4-5-13-12(7-10)14(19)18(8-17-13)11-3-1-2-9(6-11)15(20)21/h1-8H,16H2,(H,20,21). The van der Waals surface area contributed by atoms with E-state index >= 15 is 0 Å². The van der Waals surface area contributed by atoms with Crippen LogP contribution in [0.3, 0.4) is 0 Å². The number of anilines is 1. The lowest BCUT2D eigenvalue weighted by Crippen LogP contribution is -2.19. The zero-order valence-corrected chi connectivity index (χ0v) is 10.9. The number of carboxylic acid groups (broad SMARTS) is 1. The predicted octanol–water partition coefficient (Wildman–Crippen LogP) is 1.67. The van der Waals surface area contributed by atoms with Crippen LogP contribution in [0, 0.1) is 0 Å². The van der Waals surface area contributed by atoms with Gasteiger partial charge < -0.3 is 10.8 Å². The molecule has 1 heterocycles. The molecule has 0 fully saturated rings. The Labute approximate surface area is 119 Å². The van der Waals surface area contributed by atoms with Gasteiger partial charge in [-0.25, -0.2) is 9.78 Å². The molecule has 0 amide bonds. The van der Waals surface area contributed by atoms with Gasteiger partial charge in [-0.1, -0.05) is 6.07 Å². The van der Waals surface area contributed by atoms with Crippen LogP contribution in [0.5, 0.6) is 0 Å². The second-order valence-electron chi connectivity index (χ2n) is 4.55. The maximum absolute atomic E-state index is 12.5. The summed E-state index contributed by atoms with van der Waals surface area (Å²) in [5.41, 5.74) is 6.95. The van der Waals surface area contributed by atoms with Crippen molar-refractivity contribution in [2.75, 3.05) is 5.73 Å². The molecular formula is C15H11N3O3. The topological polar surface area (TPSA) is 98.2 Å². The Kier molecular flexibility index (Phi) is 2.91. The fourth-order valence-electron chi connectivity index (χ4n) is 2.11. The zero-order chi connectivity index (χ0) is 15.0. The third-order valence-electron chi connectivity index (χ3n) is 3.15. The van der Waals surface area contributed by atoms with Crippen LogP contribution in [-0.4, -0.2) is 20.6 Å². The van der Waals surface area contributed by atoms with Gasteiger partial charge in [-0.3, -0.25) is 9.36 Å². The van der Waals surface area contributed by atoms with E-state index in [2.05, 4.69) is 4.98 Å². The first kappa shape index (κ1) is 12.9. The van der Waals surface area contributed by atoms with Crippen molar-refractivity contribution < 1.29 is 9.90 Å². The normalized spacial score (nSPS) is 10.7. The molecule has 21 heavy (non-hydrogen) atoms. The average Bonchev–Trinajstić information content (AvgIpc) is 2.48. The van der Waals surface area contributed by atoms with E-state index in [4.69, 9.17) is 10.8 Å². The summed E-state index contributed by atoms with van der Waals surface area (Å²) in [6.07, 6.45) is 1.38. The van der Waals surface area contributed by atoms with Crippen molar-refractivity contribution >= 4 is 22.6 Å². The van der Waals surface area contributed by atoms with E-state index in [0.717, 1.165) is 0 Å². The lowest BCUT2D eigenvalue weighted by molar-refractivity contribution is 0.0697. The van der Waals surface area contributed by atoms with E-state index < -0.39 is 5.97 Å². The van der Waals surface area contributed by atoms with Crippen LogP contribution in [0.2, 0.25) is 0 Å². The van der Waals surface area contributed by atoms with Crippen molar-refractivity contribution in [2.45, 2.75) is 0 Å². The lowest BCUT2D eigenvalue weighted by atomic mass is 10.2. The lowest BCUT2D eigenvalue weighted by Gasteiger charge is -2.07. The molecule has 1 aromatic heterocycles. The van der Waals surface area contributed by atoms with Gasteiger partial charge in [0.05, 0.1) is 22.2 Å². The summed E-state index contributed by atoms with van der Waals surface area (Å²) in [6.45, 7) is 0. The van der Waals surface area contributed by atoms with E-state index in [9.17, 15) is 9.59 Å². The summed E-state index contributed by atoms with van der Waals surface area (Å²) in [5, 5.41) is 9.40. The molecule has 0 saturated heterocycles. The maximum Gasteiger partial charge on any atom is 0.335 e. The Bertz CT molecular complexity index is 915. The van der Waals surface area contributed by atoms with Gasteiger partial charge in [-0.2, -0.15) is 0 Å². The molecule has 3 aromatic rings. The summed E-state index contributed by atoms with van der Waals surface area (Å²) < 4.78 is 1.30. The van der Waals surface area contributed by atoms with Gasteiger partial charge in [0, 0.05) is 5.69 Å². The number of hydrogen-bond donors (Lipinski definition) is 2. The molecule has 0 aliphatic heterocycles. The van der Waals surface area contributed by atoms with Crippen LogP contribution < -0.4 is 11.3 Å². The molecule has 0 aliphatic rings. The first-order valence-corrected chi connectivity index (χ1v) is 6.17. The van der Waals surface area contributed by atoms with E-state index in [1.54, 1.807) is 30.3 Å². The maximum atomic E-state index is 12.5. The third kappa shape index (κ3) is 2.23. The quantitative estimate of drug-likeness (QED) is 0.696. The molecule has 0 radical (unpaired) electrons. The highest BCUT2D eigenvalue weighted by atomic mass is 16.4. The van der Waals surface area contributed by atoms with E-state index in [0.29, 0.717) is 22.3 Å². The summed E-state index contributed by atoms with van der Waals surface area (Å²) in [7, 11) is 0. The Hall–Kier alpha value is -3.15. The molecule has 0 spiro atoms. The van der Waals surface area contributed by atoms with Gasteiger partial charge >= 0.3 is 5.97 Å². The van der Waals surface area contributed by atoms with Crippen molar-refractivity contribution in [3.63, 3.8) is 0 Å². The minimum Gasteiger partial charge on any atom is -0.478 e. The van der Waals surface area contributed by atoms with Crippen LogP contribution in [0.15, 0.2) is 53.6 Å². The van der Waals surface area contributed by atoms with Gasteiger partial charge in [0.2, 0.25) is 0 Å². The summed E-state index contributed by atoms with van der Waals surface area (Å²) in [6, 6.07) is 11.0. The van der Waals surface area contributed by atoms with Crippen LogP contribution in [0.25, 0.3) is 16.6 Å². The highest BCUT2D eigenvalue weighted by Gasteiger charge is 2.08. The minimum atomic E-state index is -1.05. The monoisotopic (exact) mass is 281 g/mol. The Balaban J connectivity index is 2.26. The smallest absolute Gasteiger partial charge is 0.335 e. The number of carbonyl (C=O) groups is 1. The Morgan fingerprint density at radius 2 is 2.00 bits per heavy atom. The van der Waals surface area contributed by atoms with Crippen molar-refractivity contribution in [1.29, 1.82) is 0 Å². The van der Waals surface area contributed by atoms with Gasteiger partial charge in [0.1, 0.15) is 6.33 Å². The van der Waals surface area contributed by atoms with Crippen molar-refractivity contribution in [2.24, 2.45) is 0 Å². The number of carboxylic acids is 1. The van der Waals surface area contributed by atoms with E-state index in [1.807, 2.05) is 0 Å². The fraction of sp³-hybridized carbons (Fsp3) is 0. The molecule has 0 bridgehead atoms. The van der Waals surface area contributed by atoms with Gasteiger partial charge in [0.15, 0.2) is 0 Å². The van der Waals surface area contributed by atoms with E-state index in [1.165, 1.54) is 23.0 Å². The molecular weight excluding hydrogens is 270 g/mol. The van der Waals surface area contributed by atoms with Gasteiger partial charge in [-0.05, 0) is 36.4 Å². The summed E-state index contributed by atoms with van der Waals surface area (Å²) in [5.74, 6) is -1.05. The molecule has 104 valence electrons. The number of hydrogen-bond acceptors (Lipinski definition) is 4. The van der Waals surface area contributed by atoms with Crippen LogP contribution in [-0.2, 0) is 0 Å². The number of aromatic carboxylic acids is 1. The van der Waals surface area contributed by atoms with Crippen LogP contribution >= 0.6 is 0 Å². The largest absolute Gasteiger partial charge is 0.478 e. The average molecular weight is 281 g/mol. The summed E-state index contributed by atoms with van der Waals surface area (Å²) >= 11 is 0. The number of fused-ring (bicyclic) bond motifs is 1. The fourth-order valence-corrected chi connectivity index (χ4v) is 2.11. The van der Waals surface area contributed by atoms with Crippen LogP contribution in [0.4, 0.5) is 5.69 Å². The number of rotatable bonds is 2. The Morgan fingerprint density at radius 1 is 1.19 bits per heavy atom. The summed E-state index contributed by atoms with van der Waals surface area (Å²) in [4.78, 5) is 27.7. The second-order valence-corrected chi connectivity index (χ2v) is 4.55. The molecule has 6 heteroatoms. The number of nitrogen functional groups attached to an aromatic ring is 1. The first-order chi connectivity index (χ1) is 10.1. The number of nitrogens with zero attached hydrogens (tertiary/aromatic N) is 2. The first-order valence-electron chi connectivity index (χ1n) is 6.17. The zero-order valence-electron chi connectivity index (χ0n) is 10.9. The number of nitrogens with two attached hydrogens (primary N) is 1. The van der Waals surface area contributed by atoms with Crippen LogP contribution in [0.1, 0.15) is 10.4 Å². The molecule has 0 unspecified atom stereocenters. The van der Waals surface area contributed by atoms with E-state index in [-0.39, 0.29) is 11.1 Å². The van der Waals surface area contributed by atoms with Crippen molar-refractivity contribution in [3.8, 4) is 5.69 Å². The molecule has 0 aliphatic carbocycles. The molecule has 0 atom stereocenters. The molecule has 6 nitrogen and oxygen atoms in total. The van der Waals surface area contributed by atoms with Crippen molar-refractivity contribution in [1.82, 2.24) is 9.55 Å². The number of aromatic nitrogens is 2. The minimum absolute atomic E-state index is 0.104. The predicted molar refractivity (Wildman–Crippen MR) is 78.7 cm³/mol. The molecule has 3 rings (SSSR count). The molecule has 0 saturated carbocycles. The van der Waals surface area contributed by atoms with Gasteiger partial charge in [-0.15, -0.1) is 0 Å². The van der Waals surface area contributed by atoms with Gasteiger partial charge in [0.25, 0.3) is 5.56 Å². The Morgan fingerprint density at radius 3 is 2.76 bits per heavy atom. The highest BCUT2D eigenvalue weighted by Crippen LogP contribution is 2.14. The molecule has 2 aromatic carbocycles. The second kappa shape index (κ2) is 4.75. The SMILES string of the molecule is Nc1ccc2ncn(-c3cccc(C(=O)O)c3)c(=O)c2c1. The van der Waals surface area contributed by atoms with Crippen molar-refractivity contribution in [3.05, 3.63) is 64.7 Å². The molecule has 3 N–H and O–H groups in total.